The van der Waals surface area contributed by atoms with Gasteiger partial charge in [0.1, 0.15) is 6.04 Å². The maximum absolute atomic E-state index is 13.4. The summed E-state index contributed by atoms with van der Waals surface area (Å²) in [6, 6.07) is 22.8. The third-order valence-electron chi connectivity index (χ3n) is 7.02. The van der Waals surface area contributed by atoms with Crippen molar-refractivity contribution in [2.75, 3.05) is 19.6 Å². The second-order valence-corrected chi connectivity index (χ2v) is 11.2. The number of sulfonamides is 1. The molecule has 0 bridgehead atoms. The molecule has 1 atom stereocenters. The van der Waals surface area contributed by atoms with Crippen LogP contribution in [0, 0.1) is 0 Å². The number of piperidine rings is 1. The number of amides is 1. The molecular formula is C27H31N3O3S. The number of carbonyl (C=O) groups is 1. The van der Waals surface area contributed by atoms with E-state index in [-0.39, 0.29) is 16.8 Å². The van der Waals surface area contributed by atoms with Crippen LogP contribution in [-0.4, -0.2) is 55.2 Å². The molecule has 0 radical (unpaired) electrons. The van der Waals surface area contributed by atoms with Crippen molar-refractivity contribution >= 4 is 26.7 Å². The van der Waals surface area contributed by atoms with Gasteiger partial charge in [0.05, 0.1) is 4.90 Å². The lowest BCUT2D eigenvalue weighted by Gasteiger charge is -2.33. The van der Waals surface area contributed by atoms with Crippen LogP contribution in [0.25, 0.3) is 10.8 Å². The van der Waals surface area contributed by atoms with E-state index in [0.29, 0.717) is 19.4 Å². The van der Waals surface area contributed by atoms with E-state index < -0.39 is 16.1 Å². The lowest BCUT2D eigenvalue weighted by Crippen LogP contribution is -2.51. The van der Waals surface area contributed by atoms with E-state index in [1.54, 1.807) is 12.1 Å². The molecule has 2 aliphatic heterocycles. The first-order chi connectivity index (χ1) is 16.5. The van der Waals surface area contributed by atoms with Crippen LogP contribution in [0.4, 0.5) is 0 Å². The highest BCUT2D eigenvalue weighted by molar-refractivity contribution is 7.89. The Hall–Kier alpha value is -2.74. The lowest BCUT2D eigenvalue weighted by atomic mass is 10.0. The van der Waals surface area contributed by atoms with Crippen LogP contribution in [0.5, 0.6) is 0 Å². The van der Waals surface area contributed by atoms with Crippen LogP contribution >= 0.6 is 0 Å². The summed E-state index contributed by atoms with van der Waals surface area (Å²) in [7, 11) is -3.74. The molecule has 2 fully saturated rings. The number of nitrogens with one attached hydrogen (secondary N) is 1. The van der Waals surface area contributed by atoms with E-state index >= 15 is 0 Å². The van der Waals surface area contributed by atoms with Crippen molar-refractivity contribution < 1.29 is 13.2 Å². The van der Waals surface area contributed by atoms with Gasteiger partial charge in [0, 0.05) is 32.2 Å². The maximum atomic E-state index is 13.4. The smallest absolute Gasteiger partial charge is 0.243 e. The second-order valence-electron chi connectivity index (χ2n) is 9.33. The molecule has 5 rings (SSSR count). The molecule has 0 spiro atoms. The van der Waals surface area contributed by atoms with Crippen LogP contribution in [0.15, 0.2) is 77.7 Å². The fourth-order valence-corrected chi connectivity index (χ4v) is 6.82. The molecule has 178 valence electrons. The molecule has 0 aliphatic carbocycles. The van der Waals surface area contributed by atoms with Crippen molar-refractivity contribution in [1.29, 1.82) is 0 Å². The standard InChI is InChI=1S/C27H31N3O3S/c31-27(28-24-14-17-29(18-15-24)20-21-7-2-1-3-8-21)26-11-6-16-30(26)34(32,33)25-13-12-22-9-4-5-10-23(22)19-25/h1-5,7-10,12-13,19,24,26H,6,11,14-18,20H2,(H,28,31)/t26-/m0/s1. The topological polar surface area (TPSA) is 69.7 Å². The van der Waals surface area contributed by atoms with Gasteiger partial charge in [-0.25, -0.2) is 8.42 Å². The van der Waals surface area contributed by atoms with Gasteiger partial charge in [0.2, 0.25) is 15.9 Å². The molecule has 2 saturated heterocycles. The molecule has 3 aromatic rings. The molecule has 1 N–H and O–H groups in total. The van der Waals surface area contributed by atoms with Gasteiger partial charge in [0.15, 0.2) is 0 Å². The summed E-state index contributed by atoms with van der Waals surface area (Å²) in [5.74, 6) is -0.164. The Kier molecular flexibility index (Phi) is 6.68. The Balaban J connectivity index is 1.21. The van der Waals surface area contributed by atoms with Gasteiger partial charge in [0.25, 0.3) is 0 Å². The van der Waals surface area contributed by atoms with Crippen LogP contribution in [0.2, 0.25) is 0 Å². The van der Waals surface area contributed by atoms with Crippen LogP contribution in [0.3, 0.4) is 0 Å². The van der Waals surface area contributed by atoms with Gasteiger partial charge < -0.3 is 5.32 Å². The number of carbonyl (C=O) groups excluding carboxylic acids is 1. The summed E-state index contributed by atoms with van der Waals surface area (Å²) in [6.07, 6.45) is 3.01. The molecule has 0 unspecified atom stereocenters. The molecule has 0 aromatic heterocycles. The van der Waals surface area contributed by atoms with Crippen molar-refractivity contribution in [2.45, 2.75) is 49.2 Å². The van der Waals surface area contributed by atoms with E-state index in [1.807, 2.05) is 36.4 Å². The first-order valence-corrected chi connectivity index (χ1v) is 13.5. The van der Waals surface area contributed by atoms with Crippen LogP contribution < -0.4 is 5.32 Å². The minimum absolute atomic E-state index is 0.0883. The largest absolute Gasteiger partial charge is 0.352 e. The number of hydrogen-bond donors (Lipinski definition) is 1. The molecule has 2 heterocycles. The Morgan fingerprint density at radius 3 is 2.32 bits per heavy atom. The summed E-state index contributed by atoms with van der Waals surface area (Å²) in [5.41, 5.74) is 1.30. The van der Waals surface area contributed by atoms with Crippen molar-refractivity contribution in [3.8, 4) is 0 Å². The second kappa shape index (κ2) is 9.86. The van der Waals surface area contributed by atoms with Crippen molar-refractivity contribution in [2.24, 2.45) is 0 Å². The highest BCUT2D eigenvalue weighted by atomic mass is 32.2. The summed E-state index contributed by atoms with van der Waals surface area (Å²) >= 11 is 0. The number of likely N-dealkylation sites (tertiary alicyclic amines) is 1. The van der Waals surface area contributed by atoms with E-state index in [1.165, 1.54) is 9.87 Å². The number of nitrogens with zero attached hydrogens (tertiary/aromatic N) is 2. The zero-order chi connectivity index (χ0) is 23.5. The zero-order valence-corrected chi connectivity index (χ0v) is 20.1. The molecule has 2 aliphatic rings. The Morgan fingerprint density at radius 1 is 0.853 bits per heavy atom. The van der Waals surface area contributed by atoms with Crippen LogP contribution in [0.1, 0.15) is 31.2 Å². The average Bonchev–Trinajstić information content (AvgIpc) is 3.37. The molecule has 7 heteroatoms. The van der Waals surface area contributed by atoms with E-state index in [2.05, 4.69) is 34.5 Å². The fourth-order valence-electron chi connectivity index (χ4n) is 5.13. The lowest BCUT2D eigenvalue weighted by molar-refractivity contribution is -0.125. The molecular weight excluding hydrogens is 446 g/mol. The number of benzene rings is 3. The summed E-state index contributed by atoms with van der Waals surface area (Å²) in [4.78, 5) is 15.8. The minimum Gasteiger partial charge on any atom is -0.352 e. The first kappa shape index (κ1) is 23.0. The quantitative estimate of drug-likeness (QED) is 0.587. The number of rotatable bonds is 6. The molecule has 6 nitrogen and oxygen atoms in total. The van der Waals surface area contributed by atoms with Gasteiger partial charge in [-0.1, -0.05) is 60.7 Å². The molecule has 1 amide bonds. The van der Waals surface area contributed by atoms with Gasteiger partial charge >= 0.3 is 0 Å². The number of fused-ring (bicyclic) bond motifs is 1. The normalized spacial score (nSPS) is 20.5. The Labute approximate surface area is 201 Å². The predicted molar refractivity (Wildman–Crippen MR) is 134 cm³/mol. The van der Waals surface area contributed by atoms with E-state index in [0.717, 1.165) is 43.2 Å². The highest BCUT2D eigenvalue weighted by Gasteiger charge is 2.40. The monoisotopic (exact) mass is 477 g/mol. The maximum Gasteiger partial charge on any atom is 0.243 e. The van der Waals surface area contributed by atoms with Crippen LogP contribution in [-0.2, 0) is 21.4 Å². The van der Waals surface area contributed by atoms with Crippen molar-refractivity contribution in [3.63, 3.8) is 0 Å². The van der Waals surface area contributed by atoms with Gasteiger partial charge in [-0.3, -0.25) is 9.69 Å². The van der Waals surface area contributed by atoms with Crippen molar-refractivity contribution in [3.05, 3.63) is 78.4 Å². The molecule has 3 aromatic carbocycles. The first-order valence-electron chi connectivity index (χ1n) is 12.1. The molecule has 34 heavy (non-hydrogen) atoms. The van der Waals surface area contributed by atoms with E-state index in [4.69, 9.17) is 0 Å². The SMILES string of the molecule is O=C(NC1CCN(Cc2ccccc2)CC1)[C@@H]1CCCN1S(=O)(=O)c1ccc2ccccc2c1. The summed E-state index contributed by atoms with van der Waals surface area (Å²) in [5, 5.41) is 5.03. The van der Waals surface area contributed by atoms with Gasteiger partial charge in [-0.15, -0.1) is 0 Å². The summed E-state index contributed by atoms with van der Waals surface area (Å²) < 4.78 is 28.3. The Morgan fingerprint density at radius 2 is 1.56 bits per heavy atom. The predicted octanol–water partition coefficient (Wildman–Crippen LogP) is 3.77. The molecule has 0 saturated carbocycles. The average molecular weight is 478 g/mol. The van der Waals surface area contributed by atoms with E-state index in [9.17, 15) is 13.2 Å². The highest BCUT2D eigenvalue weighted by Crippen LogP contribution is 2.28. The fraction of sp³-hybridized carbons (Fsp3) is 0.370. The van der Waals surface area contributed by atoms with Crippen molar-refractivity contribution in [1.82, 2.24) is 14.5 Å². The third kappa shape index (κ3) is 4.87. The number of hydrogen-bond acceptors (Lipinski definition) is 4. The zero-order valence-electron chi connectivity index (χ0n) is 19.3. The third-order valence-corrected chi connectivity index (χ3v) is 8.92. The van der Waals surface area contributed by atoms with Gasteiger partial charge in [-0.05, 0) is 54.2 Å². The van der Waals surface area contributed by atoms with Gasteiger partial charge in [-0.2, -0.15) is 4.31 Å². The minimum atomic E-state index is -3.74. The summed E-state index contributed by atoms with van der Waals surface area (Å²) in [6.45, 7) is 3.14. The Bertz CT molecular complexity index is 1250.